The topological polar surface area (TPSA) is 46.5 Å². The lowest BCUT2D eigenvalue weighted by Crippen LogP contribution is -2.09. The van der Waals surface area contributed by atoms with Crippen molar-refractivity contribution in [2.45, 2.75) is 110 Å². The van der Waals surface area contributed by atoms with Crippen LogP contribution in [-0.4, -0.2) is 17.7 Å². The molecule has 1 aromatic rings. The summed E-state index contributed by atoms with van der Waals surface area (Å²) in [6, 6.07) is 6.70. The standard InChI is InChI=1S/C25H42O3/c1-2-3-4-5-6-7-8-9-10-11-12-13-14-15-16-21-28-25(27)22-23-17-19-24(26)20-18-23/h17-20,26H,2-16,21-22H2,1H3. The van der Waals surface area contributed by atoms with Gasteiger partial charge in [-0.25, -0.2) is 0 Å². The van der Waals surface area contributed by atoms with Gasteiger partial charge >= 0.3 is 5.97 Å². The maximum atomic E-state index is 11.8. The van der Waals surface area contributed by atoms with Crippen molar-refractivity contribution in [2.75, 3.05) is 6.61 Å². The first-order valence-corrected chi connectivity index (χ1v) is 11.7. The fourth-order valence-electron chi connectivity index (χ4n) is 3.49. The zero-order valence-electron chi connectivity index (χ0n) is 18.1. The van der Waals surface area contributed by atoms with Crippen LogP contribution in [0.4, 0.5) is 0 Å². The van der Waals surface area contributed by atoms with Crippen molar-refractivity contribution in [1.29, 1.82) is 0 Å². The van der Waals surface area contributed by atoms with E-state index >= 15 is 0 Å². The molecule has 0 saturated carbocycles. The van der Waals surface area contributed by atoms with Crippen LogP contribution in [-0.2, 0) is 16.0 Å². The second-order valence-corrected chi connectivity index (χ2v) is 8.01. The normalized spacial score (nSPS) is 10.9. The van der Waals surface area contributed by atoms with E-state index in [4.69, 9.17) is 4.74 Å². The molecular formula is C25H42O3. The smallest absolute Gasteiger partial charge is 0.310 e. The van der Waals surface area contributed by atoms with Gasteiger partial charge in [0.15, 0.2) is 0 Å². The van der Waals surface area contributed by atoms with Crippen molar-refractivity contribution in [2.24, 2.45) is 0 Å². The summed E-state index contributed by atoms with van der Waals surface area (Å²) in [4.78, 5) is 11.8. The van der Waals surface area contributed by atoms with E-state index in [0.29, 0.717) is 6.61 Å². The quantitative estimate of drug-likeness (QED) is 0.210. The molecule has 1 N–H and O–H groups in total. The Kier molecular flexibility index (Phi) is 15.4. The summed E-state index contributed by atoms with van der Waals surface area (Å²) in [6.07, 6.45) is 20.3. The van der Waals surface area contributed by atoms with Gasteiger partial charge in [0.2, 0.25) is 0 Å². The van der Waals surface area contributed by atoms with Gasteiger partial charge in [0.1, 0.15) is 5.75 Å². The number of rotatable bonds is 18. The number of ether oxygens (including phenoxy) is 1. The third-order valence-electron chi connectivity index (χ3n) is 5.30. The first kappa shape index (κ1) is 24.5. The molecule has 1 rings (SSSR count). The SMILES string of the molecule is CCCCCCCCCCCCCCCCCOC(=O)Cc1ccc(O)cc1. The molecule has 160 valence electrons. The first-order valence-electron chi connectivity index (χ1n) is 11.7. The van der Waals surface area contributed by atoms with Crippen molar-refractivity contribution < 1.29 is 14.6 Å². The predicted molar refractivity (Wildman–Crippen MR) is 118 cm³/mol. The highest BCUT2D eigenvalue weighted by Crippen LogP contribution is 2.14. The molecule has 0 radical (unpaired) electrons. The predicted octanol–water partition coefficient (Wildman–Crippen LogP) is 7.35. The van der Waals surface area contributed by atoms with Gasteiger partial charge in [-0.2, -0.15) is 0 Å². The number of carbonyl (C=O) groups excluding carboxylic acids is 1. The number of phenols is 1. The summed E-state index contributed by atoms with van der Waals surface area (Å²) in [7, 11) is 0. The van der Waals surface area contributed by atoms with Gasteiger partial charge in [-0.1, -0.05) is 109 Å². The summed E-state index contributed by atoms with van der Waals surface area (Å²) in [5.74, 6) is 0.0333. The van der Waals surface area contributed by atoms with Crippen LogP contribution in [0, 0.1) is 0 Å². The van der Waals surface area contributed by atoms with Gasteiger partial charge in [0.25, 0.3) is 0 Å². The maximum absolute atomic E-state index is 11.8. The Morgan fingerprint density at radius 1 is 0.714 bits per heavy atom. The summed E-state index contributed by atoms with van der Waals surface area (Å²) >= 11 is 0. The molecule has 0 amide bonds. The molecule has 3 nitrogen and oxygen atoms in total. The number of hydrogen-bond donors (Lipinski definition) is 1. The molecule has 0 aliphatic heterocycles. The fourth-order valence-corrected chi connectivity index (χ4v) is 3.49. The number of esters is 1. The molecule has 0 aliphatic rings. The van der Waals surface area contributed by atoms with Crippen molar-refractivity contribution in [1.82, 2.24) is 0 Å². The van der Waals surface area contributed by atoms with Crippen LogP contribution in [0.1, 0.15) is 109 Å². The van der Waals surface area contributed by atoms with Crippen molar-refractivity contribution in [3.63, 3.8) is 0 Å². The number of benzene rings is 1. The molecular weight excluding hydrogens is 348 g/mol. The summed E-state index contributed by atoms with van der Waals surface area (Å²) in [5, 5.41) is 9.23. The molecule has 0 bridgehead atoms. The fraction of sp³-hybridized carbons (Fsp3) is 0.720. The first-order chi connectivity index (χ1) is 13.7. The minimum Gasteiger partial charge on any atom is -0.508 e. The summed E-state index contributed by atoms with van der Waals surface area (Å²) in [6.45, 7) is 2.80. The molecule has 0 heterocycles. The van der Waals surface area contributed by atoms with E-state index in [1.165, 1.54) is 83.5 Å². The monoisotopic (exact) mass is 390 g/mol. The number of unbranched alkanes of at least 4 members (excludes halogenated alkanes) is 14. The Morgan fingerprint density at radius 3 is 1.61 bits per heavy atom. The third kappa shape index (κ3) is 14.5. The molecule has 1 aromatic carbocycles. The molecule has 0 atom stereocenters. The molecule has 0 spiro atoms. The van der Waals surface area contributed by atoms with Crippen molar-refractivity contribution in [3.8, 4) is 5.75 Å². The Balaban J connectivity index is 1.79. The number of hydrogen-bond acceptors (Lipinski definition) is 3. The van der Waals surface area contributed by atoms with Gasteiger partial charge < -0.3 is 9.84 Å². The van der Waals surface area contributed by atoms with E-state index in [-0.39, 0.29) is 18.1 Å². The lowest BCUT2D eigenvalue weighted by Gasteiger charge is -2.06. The number of aromatic hydroxyl groups is 1. The molecule has 0 aliphatic carbocycles. The van der Waals surface area contributed by atoms with Gasteiger partial charge in [-0.15, -0.1) is 0 Å². The number of carbonyl (C=O) groups is 1. The molecule has 28 heavy (non-hydrogen) atoms. The minimum absolute atomic E-state index is 0.184. The Bertz CT molecular complexity index is 481. The lowest BCUT2D eigenvalue weighted by molar-refractivity contribution is -0.142. The largest absolute Gasteiger partial charge is 0.508 e. The van der Waals surface area contributed by atoms with Crippen molar-refractivity contribution >= 4 is 5.97 Å². The van der Waals surface area contributed by atoms with Crippen LogP contribution in [0.5, 0.6) is 5.75 Å². The third-order valence-corrected chi connectivity index (χ3v) is 5.30. The van der Waals surface area contributed by atoms with E-state index in [1.54, 1.807) is 24.3 Å². The average Bonchev–Trinajstić information content (AvgIpc) is 2.69. The average molecular weight is 391 g/mol. The van der Waals surface area contributed by atoms with Gasteiger partial charge in [-0.05, 0) is 24.1 Å². The Labute approximate surface area is 172 Å². The Morgan fingerprint density at radius 2 is 1.14 bits per heavy atom. The molecule has 0 fully saturated rings. The van der Waals surface area contributed by atoms with E-state index < -0.39 is 0 Å². The molecule has 3 heteroatoms. The molecule has 0 saturated heterocycles. The van der Waals surface area contributed by atoms with E-state index in [1.807, 2.05) is 0 Å². The minimum atomic E-state index is -0.184. The van der Waals surface area contributed by atoms with Crippen LogP contribution in [0.15, 0.2) is 24.3 Å². The van der Waals surface area contributed by atoms with Crippen LogP contribution >= 0.6 is 0 Å². The molecule has 0 aromatic heterocycles. The zero-order chi connectivity index (χ0) is 20.3. The summed E-state index contributed by atoms with van der Waals surface area (Å²) < 4.78 is 5.29. The van der Waals surface area contributed by atoms with E-state index in [9.17, 15) is 9.90 Å². The maximum Gasteiger partial charge on any atom is 0.310 e. The second kappa shape index (κ2) is 17.6. The van der Waals surface area contributed by atoms with Crippen LogP contribution in [0.2, 0.25) is 0 Å². The van der Waals surface area contributed by atoms with Gasteiger partial charge in [0.05, 0.1) is 13.0 Å². The highest BCUT2D eigenvalue weighted by molar-refractivity contribution is 5.72. The van der Waals surface area contributed by atoms with Crippen LogP contribution < -0.4 is 0 Å². The second-order valence-electron chi connectivity index (χ2n) is 8.01. The Hall–Kier alpha value is -1.51. The van der Waals surface area contributed by atoms with Crippen LogP contribution in [0.3, 0.4) is 0 Å². The highest BCUT2D eigenvalue weighted by Gasteiger charge is 2.04. The lowest BCUT2D eigenvalue weighted by atomic mass is 10.0. The molecule has 0 unspecified atom stereocenters. The number of phenolic OH excluding ortho intramolecular Hbond substituents is 1. The zero-order valence-corrected chi connectivity index (χ0v) is 18.1. The van der Waals surface area contributed by atoms with Crippen LogP contribution in [0.25, 0.3) is 0 Å². The highest BCUT2D eigenvalue weighted by atomic mass is 16.5. The summed E-state index contributed by atoms with van der Waals surface area (Å²) in [5.41, 5.74) is 0.874. The van der Waals surface area contributed by atoms with Gasteiger partial charge in [-0.3, -0.25) is 4.79 Å². The van der Waals surface area contributed by atoms with E-state index in [0.717, 1.165) is 18.4 Å². The van der Waals surface area contributed by atoms with Gasteiger partial charge in [0, 0.05) is 0 Å². The van der Waals surface area contributed by atoms with Crippen molar-refractivity contribution in [3.05, 3.63) is 29.8 Å². The van der Waals surface area contributed by atoms with E-state index in [2.05, 4.69) is 6.92 Å².